The number of rotatable bonds is 3. The van der Waals surface area contributed by atoms with Crippen molar-refractivity contribution in [1.82, 2.24) is 23.9 Å². The van der Waals surface area contributed by atoms with E-state index in [1.54, 1.807) is 4.40 Å². The number of ether oxygens (including phenoxy) is 1. The molecule has 0 aliphatic carbocycles. The van der Waals surface area contributed by atoms with Crippen molar-refractivity contribution in [2.75, 3.05) is 6.61 Å². The Morgan fingerprint density at radius 3 is 2.57 bits per heavy atom. The number of nitrogens with zero attached hydrogens (tertiary/aromatic N) is 5. The molecule has 3 aromatic heterocycles. The summed E-state index contributed by atoms with van der Waals surface area (Å²) in [6, 6.07) is 0. The molecule has 10 nitrogen and oxygen atoms in total. The van der Waals surface area contributed by atoms with Crippen LogP contribution in [0.5, 0.6) is 0 Å². The minimum Gasteiger partial charge on any atom is -0.394 e. The lowest BCUT2D eigenvalue weighted by Gasteiger charge is -2.16. The van der Waals surface area contributed by atoms with E-state index >= 15 is 0 Å². The first-order chi connectivity index (χ1) is 11.2. The van der Waals surface area contributed by atoms with Crippen molar-refractivity contribution < 1.29 is 25.2 Å². The monoisotopic (exact) mass is 321 g/mol. The average molecular weight is 321 g/mol. The van der Waals surface area contributed by atoms with E-state index in [1.807, 2.05) is 0 Å². The summed E-state index contributed by atoms with van der Waals surface area (Å²) in [5, 5.41) is 38.5. The number of aliphatic hydroxyl groups is 4. The van der Waals surface area contributed by atoms with Crippen molar-refractivity contribution in [2.45, 2.75) is 31.1 Å². The SMILES string of the molecule is OCc1cnc2c3ncn([C@@H]4O[C@H](CO)[C@@H](O)[C@H]4O)c3ncn12. The molecule has 3 aromatic rings. The van der Waals surface area contributed by atoms with E-state index in [4.69, 9.17) is 4.74 Å². The molecule has 1 aliphatic rings. The molecule has 4 atom stereocenters. The second-order valence-corrected chi connectivity index (χ2v) is 5.40. The first kappa shape index (κ1) is 14.5. The fourth-order valence-electron chi connectivity index (χ4n) is 2.87. The summed E-state index contributed by atoms with van der Waals surface area (Å²) in [6.07, 6.45) is 0.273. The predicted octanol–water partition coefficient (Wildman–Crippen LogP) is -1.82. The molecule has 0 bridgehead atoms. The predicted molar refractivity (Wildman–Crippen MR) is 75.2 cm³/mol. The van der Waals surface area contributed by atoms with Crippen LogP contribution in [0, 0.1) is 0 Å². The summed E-state index contributed by atoms with van der Waals surface area (Å²) in [6.45, 7) is -0.580. The maximum Gasteiger partial charge on any atom is 0.168 e. The van der Waals surface area contributed by atoms with Gasteiger partial charge in [-0.25, -0.2) is 15.0 Å². The number of aliphatic hydroxyl groups excluding tert-OH is 4. The van der Waals surface area contributed by atoms with Crippen LogP contribution in [-0.2, 0) is 11.3 Å². The van der Waals surface area contributed by atoms with Gasteiger partial charge in [0.2, 0.25) is 0 Å². The van der Waals surface area contributed by atoms with Gasteiger partial charge in [0.1, 0.15) is 24.6 Å². The van der Waals surface area contributed by atoms with Crippen molar-refractivity contribution in [3.05, 3.63) is 24.5 Å². The van der Waals surface area contributed by atoms with Crippen molar-refractivity contribution in [1.29, 1.82) is 0 Å². The van der Waals surface area contributed by atoms with E-state index in [0.29, 0.717) is 22.5 Å². The smallest absolute Gasteiger partial charge is 0.168 e. The molecule has 122 valence electrons. The molecular weight excluding hydrogens is 306 g/mol. The number of hydrogen-bond donors (Lipinski definition) is 4. The number of fused-ring (bicyclic) bond motifs is 3. The van der Waals surface area contributed by atoms with Crippen LogP contribution in [0.3, 0.4) is 0 Å². The van der Waals surface area contributed by atoms with Crippen molar-refractivity contribution in [3.63, 3.8) is 0 Å². The summed E-state index contributed by atoms with van der Waals surface area (Å²) in [4.78, 5) is 12.7. The van der Waals surface area contributed by atoms with Gasteiger partial charge in [0.25, 0.3) is 0 Å². The lowest BCUT2D eigenvalue weighted by molar-refractivity contribution is -0.0511. The molecule has 10 heteroatoms. The van der Waals surface area contributed by atoms with Gasteiger partial charge in [0, 0.05) is 0 Å². The molecule has 1 fully saturated rings. The van der Waals surface area contributed by atoms with Gasteiger partial charge in [-0.1, -0.05) is 0 Å². The molecule has 0 saturated carbocycles. The first-order valence-electron chi connectivity index (χ1n) is 7.06. The molecule has 4 rings (SSSR count). The summed E-state index contributed by atoms with van der Waals surface area (Å²) < 4.78 is 8.61. The zero-order chi connectivity index (χ0) is 16.1. The average Bonchev–Trinajstić information content (AvgIpc) is 3.23. The molecular formula is C13H15N5O5. The van der Waals surface area contributed by atoms with Crippen LogP contribution in [0.4, 0.5) is 0 Å². The number of aromatic nitrogens is 5. The van der Waals surface area contributed by atoms with Crippen molar-refractivity contribution in [3.8, 4) is 0 Å². The Kier molecular flexibility index (Phi) is 3.28. The fraction of sp³-hybridized carbons (Fsp3) is 0.462. The van der Waals surface area contributed by atoms with Gasteiger partial charge >= 0.3 is 0 Å². The summed E-state index contributed by atoms with van der Waals surface area (Å²) >= 11 is 0. The lowest BCUT2D eigenvalue weighted by atomic mass is 10.1. The maximum absolute atomic E-state index is 10.1. The minimum absolute atomic E-state index is 0.177. The lowest BCUT2D eigenvalue weighted by Crippen LogP contribution is -2.33. The van der Waals surface area contributed by atoms with Crippen molar-refractivity contribution >= 4 is 16.8 Å². The van der Waals surface area contributed by atoms with E-state index in [-0.39, 0.29) is 6.61 Å². The van der Waals surface area contributed by atoms with Crippen LogP contribution in [0.1, 0.15) is 11.9 Å². The number of hydrogen-bond acceptors (Lipinski definition) is 8. The molecule has 0 spiro atoms. The topological polar surface area (TPSA) is 138 Å². The third kappa shape index (κ3) is 1.97. The van der Waals surface area contributed by atoms with E-state index in [2.05, 4.69) is 15.0 Å². The molecule has 0 amide bonds. The Morgan fingerprint density at radius 2 is 1.87 bits per heavy atom. The maximum atomic E-state index is 10.1. The fourth-order valence-corrected chi connectivity index (χ4v) is 2.87. The molecule has 0 radical (unpaired) electrons. The van der Waals surface area contributed by atoms with E-state index in [9.17, 15) is 20.4 Å². The second kappa shape index (κ2) is 5.22. The third-order valence-electron chi connectivity index (χ3n) is 4.10. The summed E-state index contributed by atoms with van der Waals surface area (Å²) in [5.74, 6) is 0. The highest BCUT2D eigenvalue weighted by Crippen LogP contribution is 2.31. The van der Waals surface area contributed by atoms with Gasteiger partial charge in [-0.2, -0.15) is 0 Å². The van der Waals surface area contributed by atoms with Gasteiger partial charge in [-0.3, -0.25) is 8.97 Å². The minimum atomic E-state index is -1.21. The highest BCUT2D eigenvalue weighted by atomic mass is 16.6. The molecule has 0 unspecified atom stereocenters. The standard InChI is InChI=1S/C13H15N5O5/c19-2-6-1-14-11-8-12(16-5-17(6)11)18(4-15-8)13-10(22)9(21)7(3-20)23-13/h1,4-5,7,9-10,13,19-22H,2-3H2/t7-,9-,10-,13-/m1/s1. The second-order valence-electron chi connectivity index (χ2n) is 5.40. The van der Waals surface area contributed by atoms with Crippen LogP contribution in [0.25, 0.3) is 16.8 Å². The van der Waals surface area contributed by atoms with Crippen LogP contribution >= 0.6 is 0 Å². The van der Waals surface area contributed by atoms with Gasteiger partial charge in [-0.05, 0) is 0 Å². The van der Waals surface area contributed by atoms with E-state index in [1.165, 1.54) is 23.4 Å². The molecule has 0 aromatic carbocycles. The van der Waals surface area contributed by atoms with Crippen LogP contribution < -0.4 is 0 Å². The Labute approximate surface area is 129 Å². The third-order valence-corrected chi connectivity index (χ3v) is 4.10. The Bertz CT molecular complexity index is 861. The quantitative estimate of drug-likeness (QED) is 0.442. The Morgan fingerprint density at radius 1 is 1.04 bits per heavy atom. The molecule has 4 N–H and O–H groups in total. The molecule has 4 heterocycles. The van der Waals surface area contributed by atoms with Crippen LogP contribution in [0.2, 0.25) is 0 Å². The molecule has 23 heavy (non-hydrogen) atoms. The van der Waals surface area contributed by atoms with Gasteiger partial charge in [0.05, 0.1) is 31.4 Å². The van der Waals surface area contributed by atoms with Crippen LogP contribution in [-0.4, -0.2) is 69.3 Å². The summed E-state index contributed by atoms with van der Waals surface area (Å²) in [7, 11) is 0. The molecule has 1 saturated heterocycles. The largest absolute Gasteiger partial charge is 0.394 e. The Balaban J connectivity index is 1.83. The van der Waals surface area contributed by atoms with Crippen LogP contribution in [0.15, 0.2) is 18.9 Å². The number of imidazole rings is 2. The normalized spacial score (nSPS) is 28.2. The van der Waals surface area contributed by atoms with Gasteiger partial charge < -0.3 is 25.2 Å². The van der Waals surface area contributed by atoms with Gasteiger partial charge in [-0.15, -0.1) is 0 Å². The zero-order valence-corrected chi connectivity index (χ0v) is 11.9. The summed E-state index contributed by atoms with van der Waals surface area (Å²) in [5.41, 5.74) is 1.99. The van der Waals surface area contributed by atoms with Gasteiger partial charge in [0.15, 0.2) is 23.0 Å². The Hall–Kier alpha value is -2.11. The highest BCUT2D eigenvalue weighted by Gasteiger charge is 2.44. The highest BCUT2D eigenvalue weighted by molar-refractivity contribution is 5.85. The van der Waals surface area contributed by atoms with E-state index in [0.717, 1.165) is 0 Å². The zero-order valence-electron chi connectivity index (χ0n) is 11.9. The van der Waals surface area contributed by atoms with Crippen molar-refractivity contribution in [2.24, 2.45) is 0 Å². The first-order valence-corrected chi connectivity index (χ1v) is 7.06. The van der Waals surface area contributed by atoms with E-state index < -0.39 is 31.1 Å². The molecule has 1 aliphatic heterocycles.